The Morgan fingerprint density at radius 3 is 3.06 bits per heavy atom. The number of likely N-dealkylation sites (tertiary alicyclic amines) is 1. The minimum absolute atomic E-state index is 0.454. The molecule has 0 spiro atoms. The van der Waals surface area contributed by atoms with E-state index >= 15 is 0 Å². The van der Waals surface area contributed by atoms with Crippen LogP contribution in [0.25, 0.3) is 0 Å². The highest BCUT2D eigenvalue weighted by atomic mass is 16.5. The van der Waals surface area contributed by atoms with Crippen molar-refractivity contribution >= 4 is 0 Å². The molecule has 1 fully saturated rings. The van der Waals surface area contributed by atoms with Gasteiger partial charge in [-0.05, 0) is 31.7 Å². The van der Waals surface area contributed by atoms with Crippen molar-refractivity contribution in [2.75, 3.05) is 13.1 Å². The van der Waals surface area contributed by atoms with Gasteiger partial charge < -0.3 is 10.3 Å². The summed E-state index contributed by atoms with van der Waals surface area (Å²) in [4.78, 5) is 6.80. The summed E-state index contributed by atoms with van der Waals surface area (Å²) in [5.41, 5.74) is 5.85. The topological polar surface area (TPSA) is 68.2 Å². The zero-order valence-corrected chi connectivity index (χ0v) is 11.4. The maximum atomic E-state index is 5.85. The Bertz CT molecular complexity index is 366. The summed E-state index contributed by atoms with van der Waals surface area (Å²) in [6.07, 6.45) is 4.34. The van der Waals surface area contributed by atoms with Gasteiger partial charge in [0.25, 0.3) is 0 Å². The van der Waals surface area contributed by atoms with Crippen molar-refractivity contribution in [3.05, 3.63) is 11.7 Å². The fraction of sp³-hybridized carbons (Fsp3) is 0.846. The van der Waals surface area contributed by atoms with Gasteiger partial charge in [0.05, 0.1) is 6.54 Å². The van der Waals surface area contributed by atoms with Crippen LogP contribution < -0.4 is 5.73 Å². The fourth-order valence-electron chi connectivity index (χ4n) is 2.61. The monoisotopic (exact) mass is 252 g/mol. The number of nitrogens with zero attached hydrogens (tertiary/aromatic N) is 3. The van der Waals surface area contributed by atoms with E-state index in [2.05, 4.69) is 28.9 Å². The molecule has 0 bridgehead atoms. The van der Waals surface area contributed by atoms with E-state index < -0.39 is 0 Å². The summed E-state index contributed by atoms with van der Waals surface area (Å²) in [7, 11) is 0. The summed E-state index contributed by atoms with van der Waals surface area (Å²) in [5, 5.41) is 3.99. The molecule has 1 aliphatic heterocycles. The summed E-state index contributed by atoms with van der Waals surface area (Å²) in [6, 6.07) is 0.454. The first-order valence-electron chi connectivity index (χ1n) is 6.98. The average Bonchev–Trinajstić information content (AvgIpc) is 2.79. The molecule has 1 aliphatic rings. The van der Waals surface area contributed by atoms with Crippen molar-refractivity contribution in [2.45, 2.75) is 52.1 Å². The zero-order valence-electron chi connectivity index (χ0n) is 11.4. The molecule has 18 heavy (non-hydrogen) atoms. The van der Waals surface area contributed by atoms with E-state index in [0.717, 1.165) is 43.6 Å². The van der Waals surface area contributed by atoms with Gasteiger partial charge in [-0.15, -0.1) is 0 Å². The highest BCUT2D eigenvalue weighted by molar-refractivity contribution is 4.89. The van der Waals surface area contributed by atoms with Crippen molar-refractivity contribution < 1.29 is 4.52 Å². The maximum absolute atomic E-state index is 5.85. The minimum atomic E-state index is 0.454. The van der Waals surface area contributed by atoms with Crippen molar-refractivity contribution in [3.63, 3.8) is 0 Å². The van der Waals surface area contributed by atoms with Crippen LogP contribution in [0.15, 0.2) is 4.52 Å². The Morgan fingerprint density at radius 1 is 1.50 bits per heavy atom. The second kappa shape index (κ2) is 6.29. The number of hydrogen-bond donors (Lipinski definition) is 1. The lowest BCUT2D eigenvalue weighted by Gasteiger charge is -2.36. The second-order valence-electron chi connectivity index (χ2n) is 5.34. The van der Waals surface area contributed by atoms with E-state index in [1.807, 2.05) is 0 Å². The quantitative estimate of drug-likeness (QED) is 0.861. The molecule has 1 saturated heterocycles. The van der Waals surface area contributed by atoms with Gasteiger partial charge in [0.2, 0.25) is 5.89 Å². The molecule has 5 heteroatoms. The molecule has 1 aromatic heterocycles. The number of aromatic nitrogens is 2. The molecule has 2 atom stereocenters. The van der Waals surface area contributed by atoms with Crippen molar-refractivity contribution in [3.8, 4) is 0 Å². The molecule has 0 aliphatic carbocycles. The molecular formula is C13H24N4O. The molecule has 5 nitrogen and oxygen atoms in total. The molecule has 0 aromatic carbocycles. The van der Waals surface area contributed by atoms with E-state index in [1.54, 1.807) is 0 Å². The summed E-state index contributed by atoms with van der Waals surface area (Å²) in [6.45, 7) is 6.94. The molecule has 2 heterocycles. The highest BCUT2D eigenvalue weighted by Crippen LogP contribution is 2.23. The number of nitrogens with two attached hydrogens (primary N) is 1. The van der Waals surface area contributed by atoms with Gasteiger partial charge in [-0.3, -0.25) is 4.90 Å². The van der Waals surface area contributed by atoms with Crippen molar-refractivity contribution in [1.29, 1.82) is 0 Å². The Labute approximate surface area is 109 Å². The molecule has 1 aromatic rings. The lowest BCUT2D eigenvalue weighted by Crippen LogP contribution is -2.45. The fourth-order valence-corrected chi connectivity index (χ4v) is 2.61. The normalized spacial score (nSPS) is 25.5. The van der Waals surface area contributed by atoms with Crippen molar-refractivity contribution in [1.82, 2.24) is 15.0 Å². The largest absolute Gasteiger partial charge is 0.338 e. The lowest BCUT2D eigenvalue weighted by atomic mass is 9.92. The molecule has 2 N–H and O–H groups in total. The molecular weight excluding hydrogens is 228 g/mol. The number of hydrogen-bond acceptors (Lipinski definition) is 5. The number of piperidine rings is 1. The van der Waals surface area contributed by atoms with Crippen LogP contribution in [0.5, 0.6) is 0 Å². The first-order valence-corrected chi connectivity index (χ1v) is 6.98. The molecule has 102 valence electrons. The highest BCUT2D eigenvalue weighted by Gasteiger charge is 2.26. The molecule has 2 unspecified atom stereocenters. The third-order valence-electron chi connectivity index (χ3n) is 3.69. The van der Waals surface area contributed by atoms with Crippen LogP contribution in [-0.2, 0) is 13.0 Å². The molecule has 0 amide bonds. The van der Waals surface area contributed by atoms with Gasteiger partial charge in [0.15, 0.2) is 5.82 Å². The van der Waals surface area contributed by atoms with E-state index in [0.29, 0.717) is 12.6 Å². The van der Waals surface area contributed by atoms with Crippen LogP contribution in [0.2, 0.25) is 0 Å². The third-order valence-corrected chi connectivity index (χ3v) is 3.69. The van der Waals surface area contributed by atoms with E-state index in [1.165, 1.54) is 12.8 Å². The van der Waals surface area contributed by atoms with Crippen LogP contribution >= 0.6 is 0 Å². The van der Waals surface area contributed by atoms with Gasteiger partial charge in [0.1, 0.15) is 0 Å². The van der Waals surface area contributed by atoms with Gasteiger partial charge in [0, 0.05) is 19.0 Å². The third kappa shape index (κ3) is 3.29. The minimum Gasteiger partial charge on any atom is -0.338 e. The van der Waals surface area contributed by atoms with E-state index in [-0.39, 0.29) is 0 Å². The van der Waals surface area contributed by atoms with Crippen LogP contribution in [-0.4, -0.2) is 34.2 Å². The van der Waals surface area contributed by atoms with Gasteiger partial charge in [-0.2, -0.15) is 4.98 Å². The summed E-state index contributed by atoms with van der Waals surface area (Å²) < 4.78 is 5.30. The van der Waals surface area contributed by atoms with E-state index in [9.17, 15) is 0 Å². The van der Waals surface area contributed by atoms with Crippen LogP contribution in [0.4, 0.5) is 0 Å². The number of rotatable bonds is 5. The first kappa shape index (κ1) is 13.5. The zero-order chi connectivity index (χ0) is 13.0. The lowest BCUT2D eigenvalue weighted by molar-refractivity contribution is 0.102. The molecule has 2 rings (SSSR count). The summed E-state index contributed by atoms with van der Waals surface area (Å²) in [5.74, 6) is 2.32. The van der Waals surface area contributed by atoms with Gasteiger partial charge in [-0.1, -0.05) is 19.0 Å². The Morgan fingerprint density at radius 2 is 2.33 bits per heavy atom. The Hall–Kier alpha value is -0.940. The van der Waals surface area contributed by atoms with Crippen LogP contribution in [0.3, 0.4) is 0 Å². The van der Waals surface area contributed by atoms with Gasteiger partial charge in [-0.25, -0.2) is 0 Å². The maximum Gasteiger partial charge on any atom is 0.240 e. The Kier molecular flexibility index (Phi) is 4.72. The predicted octanol–water partition coefficient (Wildman–Crippen LogP) is 1.58. The van der Waals surface area contributed by atoms with Crippen LogP contribution in [0, 0.1) is 5.92 Å². The van der Waals surface area contributed by atoms with Crippen molar-refractivity contribution in [2.24, 2.45) is 11.7 Å². The summed E-state index contributed by atoms with van der Waals surface area (Å²) >= 11 is 0. The van der Waals surface area contributed by atoms with E-state index in [4.69, 9.17) is 10.3 Å². The first-order chi connectivity index (χ1) is 8.72. The standard InChI is InChI=1S/C13H24N4O/c1-3-4-12-15-13(18-16-12)9-17-6-5-10(2)7-11(17)8-14/h10-11H,3-9,14H2,1-2H3. The Balaban J connectivity index is 1.94. The second-order valence-corrected chi connectivity index (χ2v) is 5.34. The van der Waals surface area contributed by atoms with Gasteiger partial charge >= 0.3 is 0 Å². The van der Waals surface area contributed by atoms with Crippen LogP contribution in [0.1, 0.15) is 44.8 Å². The SMILES string of the molecule is CCCc1noc(CN2CCC(C)CC2CN)n1. The molecule has 0 radical (unpaired) electrons. The number of aryl methyl sites for hydroxylation is 1. The smallest absolute Gasteiger partial charge is 0.240 e. The average molecular weight is 252 g/mol. The molecule has 0 saturated carbocycles. The predicted molar refractivity (Wildman–Crippen MR) is 69.9 cm³/mol.